The molecule has 0 saturated heterocycles. The maximum atomic E-state index is 13.5. The lowest BCUT2D eigenvalue weighted by Gasteiger charge is -2.30. The number of ketones is 1. The molecular weight excluding hydrogens is 453 g/mol. The minimum atomic E-state index is -0.788. The standard InChI is InChI=1S/C23H17Cl2N3O4/c1-32-9-8-28-21-18(22(30)27-23(28)31)16(14-7-6-11(24)10-15(14)25)17-19(26-21)12-4-2-3-5-13(12)20(17)29/h2-7,10,16,26H,8-9H2,1H3,(H,27,30,31)/t16-/m1/s1. The number of nitrogens with one attached hydrogen (secondary N) is 2. The summed E-state index contributed by atoms with van der Waals surface area (Å²) in [6, 6.07) is 12.1. The Hall–Kier alpha value is -3.13. The van der Waals surface area contributed by atoms with Crippen LogP contribution in [0.4, 0.5) is 5.82 Å². The van der Waals surface area contributed by atoms with E-state index in [-0.39, 0.29) is 24.5 Å². The Bertz CT molecular complexity index is 1440. The highest BCUT2D eigenvalue weighted by atomic mass is 35.5. The van der Waals surface area contributed by atoms with Crippen molar-refractivity contribution in [2.75, 3.05) is 19.0 Å². The summed E-state index contributed by atoms with van der Waals surface area (Å²) in [5.74, 6) is -0.669. The van der Waals surface area contributed by atoms with Gasteiger partial charge < -0.3 is 10.1 Å². The van der Waals surface area contributed by atoms with Crippen LogP contribution in [-0.4, -0.2) is 29.1 Å². The second-order valence-electron chi connectivity index (χ2n) is 7.55. The molecular formula is C23H17Cl2N3O4. The molecule has 0 radical (unpaired) electrons. The zero-order valence-electron chi connectivity index (χ0n) is 16.9. The number of nitrogens with zero attached hydrogens (tertiary/aromatic N) is 1. The van der Waals surface area contributed by atoms with Gasteiger partial charge in [0.2, 0.25) is 0 Å². The zero-order valence-corrected chi connectivity index (χ0v) is 18.4. The summed E-state index contributed by atoms with van der Waals surface area (Å²) in [4.78, 5) is 41.6. The van der Waals surface area contributed by atoms with E-state index < -0.39 is 17.2 Å². The van der Waals surface area contributed by atoms with Gasteiger partial charge in [-0.3, -0.25) is 19.1 Å². The Kier molecular flexibility index (Phi) is 5.04. The zero-order chi connectivity index (χ0) is 22.6. The number of ether oxygens (including phenoxy) is 1. The van der Waals surface area contributed by atoms with Gasteiger partial charge in [0.25, 0.3) is 5.56 Å². The van der Waals surface area contributed by atoms with Crippen LogP contribution in [0.3, 0.4) is 0 Å². The number of rotatable bonds is 4. The third kappa shape index (κ3) is 3.04. The van der Waals surface area contributed by atoms with Crippen LogP contribution in [0, 0.1) is 0 Å². The predicted octanol–water partition coefficient (Wildman–Crippen LogP) is 3.65. The van der Waals surface area contributed by atoms with Crippen LogP contribution in [0.2, 0.25) is 10.0 Å². The molecule has 2 N–H and O–H groups in total. The molecule has 2 aromatic carbocycles. The molecule has 0 unspecified atom stereocenters. The summed E-state index contributed by atoms with van der Waals surface area (Å²) in [5, 5.41) is 3.96. The van der Waals surface area contributed by atoms with Crippen molar-refractivity contribution in [1.29, 1.82) is 0 Å². The van der Waals surface area contributed by atoms with Crippen molar-refractivity contribution in [2.45, 2.75) is 12.5 Å². The topological polar surface area (TPSA) is 93.2 Å². The number of halogens is 2. The quantitative estimate of drug-likeness (QED) is 0.608. The number of aromatic nitrogens is 2. The van der Waals surface area contributed by atoms with Crippen LogP contribution in [-0.2, 0) is 11.3 Å². The van der Waals surface area contributed by atoms with E-state index in [1.54, 1.807) is 30.3 Å². The molecule has 0 saturated carbocycles. The second kappa shape index (κ2) is 7.78. The first-order valence-corrected chi connectivity index (χ1v) is 10.6. The summed E-state index contributed by atoms with van der Waals surface area (Å²) in [7, 11) is 1.53. The normalized spacial score (nSPS) is 16.5. The molecule has 0 spiro atoms. The first-order chi connectivity index (χ1) is 15.4. The highest BCUT2D eigenvalue weighted by Gasteiger charge is 2.43. The molecule has 0 bridgehead atoms. The van der Waals surface area contributed by atoms with Gasteiger partial charge in [-0.2, -0.15) is 0 Å². The Morgan fingerprint density at radius 1 is 1.06 bits per heavy atom. The number of hydrogen-bond acceptors (Lipinski definition) is 5. The molecule has 1 aliphatic carbocycles. The van der Waals surface area contributed by atoms with Crippen molar-refractivity contribution in [1.82, 2.24) is 9.55 Å². The van der Waals surface area contributed by atoms with Crippen molar-refractivity contribution in [2.24, 2.45) is 0 Å². The van der Waals surface area contributed by atoms with Crippen LogP contribution in [0.25, 0.3) is 5.70 Å². The molecule has 5 rings (SSSR count). The van der Waals surface area contributed by atoms with Gasteiger partial charge >= 0.3 is 5.69 Å². The Morgan fingerprint density at radius 2 is 1.81 bits per heavy atom. The third-order valence-electron chi connectivity index (χ3n) is 5.80. The van der Waals surface area contributed by atoms with Crippen LogP contribution in [0.15, 0.2) is 57.6 Å². The SMILES string of the molecule is COCCn1c2c(c(=O)[nH]c1=O)[C@H](c1ccc(Cl)cc1Cl)C1=C(N2)c2ccccc2C1=O. The second-order valence-corrected chi connectivity index (χ2v) is 8.40. The third-order valence-corrected chi connectivity index (χ3v) is 6.37. The molecule has 3 aromatic rings. The lowest BCUT2D eigenvalue weighted by molar-refractivity contribution is 0.103. The van der Waals surface area contributed by atoms with Crippen molar-refractivity contribution >= 4 is 40.5 Å². The summed E-state index contributed by atoms with van der Waals surface area (Å²) < 4.78 is 6.55. The number of carbonyl (C=O) groups is 1. The molecule has 7 nitrogen and oxygen atoms in total. The maximum absolute atomic E-state index is 13.5. The van der Waals surface area contributed by atoms with E-state index in [0.29, 0.717) is 43.8 Å². The summed E-state index contributed by atoms with van der Waals surface area (Å²) in [5.41, 5.74) is 1.84. The van der Waals surface area contributed by atoms with E-state index in [9.17, 15) is 14.4 Å². The smallest absolute Gasteiger partial charge is 0.330 e. The molecule has 32 heavy (non-hydrogen) atoms. The number of carbonyl (C=O) groups excluding carboxylic acids is 1. The van der Waals surface area contributed by atoms with E-state index in [1.807, 2.05) is 12.1 Å². The number of Topliss-reactive ketones (excluding diaryl/α,β-unsaturated/α-hetero) is 1. The van der Waals surface area contributed by atoms with Gasteiger partial charge in [0.05, 0.1) is 30.3 Å². The van der Waals surface area contributed by atoms with E-state index >= 15 is 0 Å². The molecule has 0 amide bonds. The predicted molar refractivity (Wildman–Crippen MR) is 123 cm³/mol. The van der Waals surface area contributed by atoms with E-state index in [2.05, 4.69) is 10.3 Å². The fraction of sp³-hybridized carbons (Fsp3) is 0.174. The first-order valence-electron chi connectivity index (χ1n) is 9.88. The first kappa shape index (κ1) is 20.8. The Balaban J connectivity index is 1.85. The number of methoxy groups -OCH3 is 1. The van der Waals surface area contributed by atoms with Gasteiger partial charge in [0, 0.05) is 33.9 Å². The van der Waals surface area contributed by atoms with Crippen molar-refractivity contribution in [3.63, 3.8) is 0 Å². The van der Waals surface area contributed by atoms with E-state index in [0.717, 1.165) is 0 Å². The number of anilines is 1. The molecule has 0 fully saturated rings. The molecule has 162 valence electrons. The minimum Gasteiger partial charge on any atom is -0.383 e. The van der Waals surface area contributed by atoms with Crippen LogP contribution >= 0.6 is 23.2 Å². The van der Waals surface area contributed by atoms with E-state index in [1.165, 1.54) is 11.7 Å². The molecule has 2 heterocycles. The Morgan fingerprint density at radius 3 is 2.53 bits per heavy atom. The fourth-order valence-corrected chi connectivity index (χ4v) is 4.92. The van der Waals surface area contributed by atoms with Gasteiger partial charge in [-0.05, 0) is 17.7 Å². The van der Waals surface area contributed by atoms with Gasteiger partial charge in [0.15, 0.2) is 5.78 Å². The fourth-order valence-electron chi connectivity index (χ4n) is 4.41. The maximum Gasteiger partial charge on any atom is 0.330 e. The van der Waals surface area contributed by atoms with Crippen LogP contribution < -0.4 is 16.6 Å². The highest BCUT2D eigenvalue weighted by Crippen LogP contribution is 2.49. The number of fused-ring (bicyclic) bond motifs is 3. The molecule has 1 atom stereocenters. The molecule has 2 aliphatic rings. The average Bonchev–Trinajstić information content (AvgIpc) is 3.05. The number of benzene rings is 2. The average molecular weight is 470 g/mol. The summed E-state index contributed by atoms with van der Waals surface area (Å²) in [6.45, 7) is 0.467. The van der Waals surface area contributed by atoms with Gasteiger partial charge in [-0.15, -0.1) is 0 Å². The number of hydrogen-bond donors (Lipinski definition) is 2. The van der Waals surface area contributed by atoms with Gasteiger partial charge in [-0.1, -0.05) is 53.5 Å². The Labute approximate surface area is 192 Å². The monoisotopic (exact) mass is 469 g/mol. The highest BCUT2D eigenvalue weighted by molar-refractivity contribution is 6.35. The number of aromatic amines is 1. The van der Waals surface area contributed by atoms with Crippen LogP contribution in [0.5, 0.6) is 0 Å². The van der Waals surface area contributed by atoms with Gasteiger partial charge in [0.1, 0.15) is 5.82 Å². The molecule has 9 heteroatoms. The van der Waals surface area contributed by atoms with Gasteiger partial charge in [-0.25, -0.2) is 4.79 Å². The number of allylic oxidation sites excluding steroid dienone is 1. The lowest BCUT2D eigenvalue weighted by atomic mass is 9.81. The lowest BCUT2D eigenvalue weighted by Crippen LogP contribution is -2.39. The summed E-state index contributed by atoms with van der Waals surface area (Å²) in [6.07, 6.45) is 0. The minimum absolute atomic E-state index is 0.196. The van der Waals surface area contributed by atoms with Crippen LogP contribution in [0.1, 0.15) is 33.0 Å². The molecule has 1 aromatic heterocycles. The van der Waals surface area contributed by atoms with Crippen molar-refractivity contribution in [3.8, 4) is 0 Å². The van der Waals surface area contributed by atoms with E-state index in [4.69, 9.17) is 27.9 Å². The number of H-pyrrole nitrogens is 1. The summed E-state index contributed by atoms with van der Waals surface area (Å²) >= 11 is 12.6. The largest absolute Gasteiger partial charge is 0.383 e. The van der Waals surface area contributed by atoms with Crippen molar-refractivity contribution < 1.29 is 9.53 Å². The molecule has 1 aliphatic heterocycles. The van der Waals surface area contributed by atoms with Crippen molar-refractivity contribution in [3.05, 3.63) is 101 Å².